The topological polar surface area (TPSA) is 100 Å². The zero-order valence-electron chi connectivity index (χ0n) is 13.9. The molecular weight excluding hydrogens is 358 g/mol. The molecule has 2 N–H and O–H groups in total. The molecule has 0 aromatic heterocycles. The molecule has 0 aliphatic heterocycles. The summed E-state index contributed by atoms with van der Waals surface area (Å²) in [6, 6.07) is 13.5. The largest absolute Gasteiger partial charge is 0.484 e. The molecule has 2 aromatic carbocycles. The van der Waals surface area contributed by atoms with Crippen LogP contribution in [0, 0.1) is 18.3 Å². The molecule has 0 fully saturated rings. The number of aryl methyl sites for hydroxylation is 1. The summed E-state index contributed by atoms with van der Waals surface area (Å²) in [5.41, 5.74) is 5.85. The Labute approximate surface area is 155 Å². The second-order valence-corrected chi connectivity index (χ2v) is 5.65. The first-order valence-electron chi connectivity index (χ1n) is 7.57. The Balaban J connectivity index is 1.70. The lowest BCUT2D eigenvalue weighted by molar-refractivity contribution is -0.131. The van der Waals surface area contributed by atoms with Crippen LogP contribution in [0.25, 0.3) is 0 Å². The molecule has 7 nitrogen and oxygen atoms in total. The standard InChI is InChI=1S/C18H16ClN3O4/c1-12-2-7-15(19)16(8-12)26-11-18(24)22-21-17(23)10-25-14-5-3-13(9-20)4-6-14/h2-8H,10-11H2,1H3,(H,21,23)(H,22,24). The van der Waals surface area contributed by atoms with Gasteiger partial charge in [0, 0.05) is 0 Å². The third kappa shape index (κ3) is 6.00. The molecule has 0 radical (unpaired) electrons. The van der Waals surface area contributed by atoms with Crippen molar-refractivity contribution in [1.82, 2.24) is 10.9 Å². The molecule has 0 saturated heterocycles. The number of halogens is 1. The van der Waals surface area contributed by atoms with Gasteiger partial charge in [-0.25, -0.2) is 0 Å². The number of nitrogens with one attached hydrogen (secondary N) is 2. The maximum Gasteiger partial charge on any atom is 0.276 e. The molecule has 2 amide bonds. The van der Waals surface area contributed by atoms with E-state index in [9.17, 15) is 9.59 Å². The summed E-state index contributed by atoms with van der Waals surface area (Å²) in [6.07, 6.45) is 0. The lowest BCUT2D eigenvalue weighted by Gasteiger charge is -2.11. The summed E-state index contributed by atoms with van der Waals surface area (Å²) in [4.78, 5) is 23.3. The number of benzene rings is 2. The molecule has 26 heavy (non-hydrogen) atoms. The van der Waals surface area contributed by atoms with Crippen LogP contribution < -0.4 is 20.3 Å². The molecule has 0 spiro atoms. The summed E-state index contributed by atoms with van der Waals surface area (Å²) < 4.78 is 10.5. The van der Waals surface area contributed by atoms with Crippen LogP contribution in [-0.2, 0) is 9.59 Å². The number of nitriles is 1. The minimum atomic E-state index is -0.547. The van der Waals surface area contributed by atoms with E-state index >= 15 is 0 Å². The van der Waals surface area contributed by atoms with Gasteiger partial charge in [-0.1, -0.05) is 17.7 Å². The fraction of sp³-hybridized carbons (Fsp3) is 0.167. The van der Waals surface area contributed by atoms with Crippen LogP contribution in [0.4, 0.5) is 0 Å². The van der Waals surface area contributed by atoms with Gasteiger partial charge in [0.2, 0.25) is 0 Å². The summed E-state index contributed by atoms with van der Waals surface area (Å²) in [7, 11) is 0. The average Bonchev–Trinajstić information content (AvgIpc) is 2.65. The summed E-state index contributed by atoms with van der Waals surface area (Å²) >= 11 is 5.96. The molecule has 134 valence electrons. The number of carbonyl (C=O) groups excluding carboxylic acids is 2. The number of carbonyl (C=O) groups is 2. The van der Waals surface area contributed by atoms with Crippen LogP contribution in [0.1, 0.15) is 11.1 Å². The molecule has 2 rings (SSSR count). The first kappa shape index (κ1) is 19.1. The Morgan fingerprint density at radius 1 is 1.04 bits per heavy atom. The van der Waals surface area contributed by atoms with Crippen molar-refractivity contribution in [2.75, 3.05) is 13.2 Å². The predicted molar refractivity (Wildman–Crippen MR) is 94.6 cm³/mol. The van der Waals surface area contributed by atoms with Crippen molar-refractivity contribution in [2.45, 2.75) is 6.92 Å². The molecule has 2 aromatic rings. The molecule has 0 saturated carbocycles. The molecule has 8 heteroatoms. The highest BCUT2D eigenvalue weighted by Crippen LogP contribution is 2.24. The fourth-order valence-electron chi connectivity index (χ4n) is 1.85. The molecule has 0 bridgehead atoms. The molecule has 0 heterocycles. The van der Waals surface area contributed by atoms with Gasteiger partial charge in [0.15, 0.2) is 13.2 Å². The Kier molecular flexibility index (Phi) is 6.83. The van der Waals surface area contributed by atoms with Gasteiger partial charge in [-0.15, -0.1) is 0 Å². The van der Waals surface area contributed by atoms with Gasteiger partial charge in [0.05, 0.1) is 16.7 Å². The highest BCUT2D eigenvalue weighted by molar-refractivity contribution is 6.32. The normalized spacial score (nSPS) is 9.73. The molecule has 0 aliphatic rings. The highest BCUT2D eigenvalue weighted by Gasteiger charge is 2.08. The number of hydrogen-bond acceptors (Lipinski definition) is 5. The van der Waals surface area contributed by atoms with Crippen LogP contribution in [0.5, 0.6) is 11.5 Å². The van der Waals surface area contributed by atoms with Gasteiger partial charge < -0.3 is 9.47 Å². The van der Waals surface area contributed by atoms with Gasteiger partial charge in [-0.3, -0.25) is 20.4 Å². The average molecular weight is 374 g/mol. The third-order valence-electron chi connectivity index (χ3n) is 3.14. The fourth-order valence-corrected chi connectivity index (χ4v) is 2.02. The molecular formula is C18H16ClN3O4. The van der Waals surface area contributed by atoms with Gasteiger partial charge in [0.25, 0.3) is 11.8 Å². The van der Waals surface area contributed by atoms with Gasteiger partial charge in [-0.05, 0) is 48.9 Å². The number of hydrazine groups is 1. The maximum atomic E-state index is 11.7. The van der Waals surface area contributed by atoms with E-state index in [0.717, 1.165) is 5.56 Å². The van der Waals surface area contributed by atoms with E-state index in [2.05, 4.69) is 10.9 Å². The number of nitrogens with zero attached hydrogens (tertiary/aromatic N) is 1. The van der Waals surface area contributed by atoms with E-state index in [1.807, 2.05) is 19.1 Å². The zero-order chi connectivity index (χ0) is 18.9. The number of rotatable bonds is 6. The smallest absolute Gasteiger partial charge is 0.276 e. The van der Waals surface area contributed by atoms with Crippen molar-refractivity contribution >= 4 is 23.4 Å². The maximum absolute atomic E-state index is 11.7. The quantitative estimate of drug-likeness (QED) is 0.755. The van der Waals surface area contributed by atoms with E-state index in [-0.39, 0.29) is 13.2 Å². The second kappa shape index (κ2) is 9.30. The van der Waals surface area contributed by atoms with Crippen molar-refractivity contribution in [3.8, 4) is 17.6 Å². The first-order chi connectivity index (χ1) is 12.5. The van der Waals surface area contributed by atoms with Crippen molar-refractivity contribution in [1.29, 1.82) is 5.26 Å². The second-order valence-electron chi connectivity index (χ2n) is 5.24. The number of amides is 2. The van der Waals surface area contributed by atoms with Crippen LogP contribution in [0.3, 0.4) is 0 Å². The molecule has 0 aliphatic carbocycles. The van der Waals surface area contributed by atoms with Crippen LogP contribution in [0.15, 0.2) is 42.5 Å². The molecule has 0 atom stereocenters. The van der Waals surface area contributed by atoms with Crippen molar-refractivity contribution < 1.29 is 19.1 Å². The highest BCUT2D eigenvalue weighted by atomic mass is 35.5. The molecule has 0 unspecified atom stereocenters. The van der Waals surface area contributed by atoms with Crippen LogP contribution in [0.2, 0.25) is 5.02 Å². The Morgan fingerprint density at radius 3 is 2.27 bits per heavy atom. The van der Waals surface area contributed by atoms with E-state index in [1.165, 1.54) is 0 Å². The lowest BCUT2D eigenvalue weighted by Crippen LogP contribution is -2.45. The lowest BCUT2D eigenvalue weighted by atomic mass is 10.2. The summed E-state index contributed by atoms with van der Waals surface area (Å²) in [6.45, 7) is 1.27. The van der Waals surface area contributed by atoms with Gasteiger partial charge >= 0.3 is 0 Å². The van der Waals surface area contributed by atoms with E-state index in [0.29, 0.717) is 22.1 Å². The number of ether oxygens (including phenoxy) is 2. The summed E-state index contributed by atoms with van der Waals surface area (Å²) in [5.74, 6) is -0.272. The van der Waals surface area contributed by atoms with Gasteiger partial charge in [0.1, 0.15) is 11.5 Å². The van der Waals surface area contributed by atoms with E-state index in [1.54, 1.807) is 36.4 Å². The van der Waals surface area contributed by atoms with E-state index in [4.69, 9.17) is 26.3 Å². The van der Waals surface area contributed by atoms with Gasteiger partial charge in [-0.2, -0.15) is 5.26 Å². The van der Waals surface area contributed by atoms with Crippen molar-refractivity contribution in [3.05, 3.63) is 58.6 Å². The van der Waals surface area contributed by atoms with Crippen molar-refractivity contribution in [3.63, 3.8) is 0 Å². The Hall–Kier alpha value is -3.24. The van der Waals surface area contributed by atoms with Crippen molar-refractivity contribution in [2.24, 2.45) is 0 Å². The van der Waals surface area contributed by atoms with E-state index < -0.39 is 11.8 Å². The third-order valence-corrected chi connectivity index (χ3v) is 3.45. The van der Waals surface area contributed by atoms with Crippen LogP contribution in [-0.4, -0.2) is 25.0 Å². The minimum absolute atomic E-state index is 0.295. The first-order valence-corrected chi connectivity index (χ1v) is 7.95. The zero-order valence-corrected chi connectivity index (χ0v) is 14.7. The predicted octanol–water partition coefficient (Wildman–Crippen LogP) is 2.13. The Bertz CT molecular complexity index is 831. The Morgan fingerprint density at radius 2 is 1.65 bits per heavy atom. The minimum Gasteiger partial charge on any atom is -0.484 e. The SMILES string of the molecule is Cc1ccc(Cl)c(OCC(=O)NNC(=O)COc2ccc(C#N)cc2)c1. The summed E-state index contributed by atoms with van der Waals surface area (Å²) in [5, 5.41) is 9.09. The number of hydrogen-bond donors (Lipinski definition) is 2. The van der Waals surface area contributed by atoms with Crippen LogP contribution >= 0.6 is 11.6 Å². The monoisotopic (exact) mass is 373 g/mol.